The van der Waals surface area contributed by atoms with Gasteiger partial charge < -0.3 is 19.8 Å². The fourth-order valence-electron chi connectivity index (χ4n) is 3.81. The average Bonchev–Trinajstić information content (AvgIpc) is 3.31. The van der Waals surface area contributed by atoms with Gasteiger partial charge in [-0.1, -0.05) is 47.5 Å². The molecule has 0 aliphatic rings. The first-order valence-electron chi connectivity index (χ1n) is 11.3. The zero-order chi connectivity index (χ0) is 26.4. The van der Waals surface area contributed by atoms with Gasteiger partial charge in [-0.2, -0.15) is 5.26 Å². The van der Waals surface area contributed by atoms with Crippen LogP contribution >= 0.6 is 39.1 Å². The van der Waals surface area contributed by atoms with Crippen LogP contribution in [-0.4, -0.2) is 24.5 Å². The van der Waals surface area contributed by atoms with E-state index < -0.39 is 5.91 Å². The SMILES string of the molecule is COc1cc(/C=C(/C#N)C(=O)NCCc2c[nH]c3ccccc23)cc(Br)c1OCc1ccc(Cl)c(Cl)c1. The van der Waals surface area contributed by atoms with E-state index in [1.54, 1.807) is 24.3 Å². The van der Waals surface area contributed by atoms with E-state index in [2.05, 4.69) is 26.2 Å². The van der Waals surface area contributed by atoms with Crippen LogP contribution in [0.25, 0.3) is 17.0 Å². The lowest BCUT2D eigenvalue weighted by molar-refractivity contribution is -0.117. The van der Waals surface area contributed by atoms with E-state index in [0.29, 0.717) is 44.5 Å². The lowest BCUT2D eigenvalue weighted by Crippen LogP contribution is -2.26. The van der Waals surface area contributed by atoms with Crippen molar-refractivity contribution in [1.29, 1.82) is 5.26 Å². The van der Waals surface area contributed by atoms with E-state index in [0.717, 1.165) is 22.0 Å². The van der Waals surface area contributed by atoms with Gasteiger partial charge in [-0.05, 0) is 75.4 Å². The highest BCUT2D eigenvalue weighted by Gasteiger charge is 2.15. The quantitative estimate of drug-likeness (QED) is 0.159. The van der Waals surface area contributed by atoms with Crippen LogP contribution in [0.2, 0.25) is 10.0 Å². The molecule has 0 atom stereocenters. The third kappa shape index (κ3) is 6.47. The second-order valence-electron chi connectivity index (χ2n) is 8.11. The highest BCUT2D eigenvalue weighted by Crippen LogP contribution is 2.38. The van der Waals surface area contributed by atoms with Gasteiger partial charge in [0.1, 0.15) is 18.2 Å². The van der Waals surface area contributed by atoms with Gasteiger partial charge in [0.15, 0.2) is 11.5 Å². The lowest BCUT2D eigenvalue weighted by Gasteiger charge is -2.14. The van der Waals surface area contributed by atoms with Crippen LogP contribution in [0, 0.1) is 11.3 Å². The number of methoxy groups -OCH3 is 1. The molecular formula is C28H22BrCl2N3O3. The predicted octanol–water partition coefficient (Wildman–Crippen LogP) is 7.09. The number of para-hydroxylation sites is 1. The number of carbonyl (C=O) groups excluding carboxylic acids is 1. The van der Waals surface area contributed by atoms with Crippen LogP contribution < -0.4 is 14.8 Å². The summed E-state index contributed by atoms with van der Waals surface area (Å²) in [5.41, 5.74) is 3.57. The van der Waals surface area contributed by atoms with Gasteiger partial charge in [-0.3, -0.25) is 4.79 Å². The number of nitrogens with zero attached hydrogens (tertiary/aromatic N) is 1. The van der Waals surface area contributed by atoms with Crippen LogP contribution in [0.5, 0.6) is 11.5 Å². The first-order chi connectivity index (χ1) is 17.9. The van der Waals surface area contributed by atoms with Crippen LogP contribution in [0.15, 0.2) is 70.8 Å². The third-order valence-electron chi connectivity index (χ3n) is 5.65. The summed E-state index contributed by atoms with van der Waals surface area (Å²) in [6.45, 7) is 0.636. The van der Waals surface area contributed by atoms with Gasteiger partial charge in [-0.15, -0.1) is 0 Å². The smallest absolute Gasteiger partial charge is 0.261 e. The van der Waals surface area contributed by atoms with Crippen LogP contribution in [0.1, 0.15) is 16.7 Å². The summed E-state index contributed by atoms with van der Waals surface area (Å²) >= 11 is 15.6. The van der Waals surface area contributed by atoms with Crippen molar-refractivity contribution >= 4 is 62.0 Å². The van der Waals surface area contributed by atoms with Gasteiger partial charge in [0.05, 0.1) is 21.6 Å². The van der Waals surface area contributed by atoms with E-state index >= 15 is 0 Å². The molecule has 0 spiro atoms. The number of nitrogens with one attached hydrogen (secondary N) is 2. The molecule has 0 unspecified atom stereocenters. The Bertz CT molecular complexity index is 1530. The molecule has 2 N–H and O–H groups in total. The van der Waals surface area contributed by atoms with Crippen molar-refractivity contribution in [2.24, 2.45) is 0 Å². The maximum Gasteiger partial charge on any atom is 0.261 e. The molecule has 3 aromatic carbocycles. The van der Waals surface area contributed by atoms with Gasteiger partial charge in [0, 0.05) is 23.6 Å². The first kappa shape index (κ1) is 26.6. The number of halogens is 3. The standard InChI is InChI=1S/C28H22BrCl2N3O3/c1-36-26-13-18(11-22(29)27(26)37-16-17-6-7-23(30)24(31)12-17)10-20(14-32)28(35)33-9-8-19-15-34-25-5-3-2-4-21(19)25/h2-7,10-13,15,34H,8-9,16H2,1H3,(H,33,35)/b20-10-. The average molecular weight is 599 g/mol. The second-order valence-corrected chi connectivity index (χ2v) is 9.78. The Morgan fingerprint density at radius 1 is 1.16 bits per heavy atom. The molecule has 37 heavy (non-hydrogen) atoms. The number of aromatic amines is 1. The Labute approximate surface area is 232 Å². The number of hydrogen-bond acceptors (Lipinski definition) is 4. The molecule has 0 saturated heterocycles. The van der Waals surface area contributed by atoms with Crippen LogP contribution in [0.3, 0.4) is 0 Å². The molecule has 0 bridgehead atoms. The Balaban J connectivity index is 1.44. The number of nitriles is 1. The van der Waals surface area contributed by atoms with Crippen molar-refractivity contribution in [2.75, 3.05) is 13.7 Å². The molecule has 1 aromatic heterocycles. The number of rotatable bonds is 9. The summed E-state index contributed by atoms with van der Waals surface area (Å²) < 4.78 is 12.1. The van der Waals surface area contributed by atoms with Gasteiger partial charge in [0.25, 0.3) is 5.91 Å². The number of fused-ring (bicyclic) bond motifs is 1. The van der Waals surface area contributed by atoms with E-state index in [-0.39, 0.29) is 12.2 Å². The number of carbonyl (C=O) groups is 1. The molecule has 1 amide bonds. The Morgan fingerprint density at radius 3 is 2.73 bits per heavy atom. The van der Waals surface area contributed by atoms with Crippen LogP contribution in [0.4, 0.5) is 0 Å². The summed E-state index contributed by atoms with van der Waals surface area (Å²) in [6.07, 6.45) is 4.09. The molecule has 0 aliphatic carbocycles. The predicted molar refractivity (Wildman–Crippen MR) is 150 cm³/mol. The van der Waals surface area contributed by atoms with Gasteiger partial charge >= 0.3 is 0 Å². The van der Waals surface area contributed by atoms with E-state index in [4.69, 9.17) is 32.7 Å². The third-order valence-corrected chi connectivity index (χ3v) is 6.98. The summed E-state index contributed by atoms with van der Waals surface area (Å²) in [4.78, 5) is 15.9. The number of H-pyrrole nitrogens is 1. The molecule has 6 nitrogen and oxygen atoms in total. The molecule has 9 heteroatoms. The molecule has 4 aromatic rings. The van der Waals surface area contributed by atoms with Gasteiger partial charge in [-0.25, -0.2) is 0 Å². The largest absolute Gasteiger partial charge is 0.493 e. The monoisotopic (exact) mass is 597 g/mol. The van der Waals surface area contributed by atoms with Crippen molar-refractivity contribution < 1.29 is 14.3 Å². The maximum absolute atomic E-state index is 12.7. The summed E-state index contributed by atoms with van der Waals surface area (Å²) in [5.74, 6) is 0.475. The highest BCUT2D eigenvalue weighted by atomic mass is 79.9. The second kappa shape index (κ2) is 12.2. The molecule has 4 rings (SSSR count). The Hall–Kier alpha value is -3.44. The fraction of sp³-hybridized carbons (Fsp3) is 0.143. The summed E-state index contributed by atoms with van der Waals surface area (Å²) in [5, 5.41) is 14.5. The number of aromatic nitrogens is 1. The van der Waals surface area contributed by atoms with Crippen molar-refractivity contribution in [3.8, 4) is 17.6 Å². The topological polar surface area (TPSA) is 87.1 Å². The molecule has 0 saturated carbocycles. The number of benzene rings is 3. The maximum atomic E-state index is 12.7. The summed E-state index contributed by atoms with van der Waals surface area (Å²) in [7, 11) is 1.52. The normalized spacial score (nSPS) is 11.3. The highest BCUT2D eigenvalue weighted by molar-refractivity contribution is 9.10. The fourth-order valence-corrected chi connectivity index (χ4v) is 4.70. The number of ether oxygens (including phenoxy) is 2. The molecular weight excluding hydrogens is 577 g/mol. The Kier molecular flexibility index (Phi) is 8.78. The van der Waals surface area contributed by atoms with E-state index in [1.165, 1.54) is 13.2 Å². The van der Waals surface area contributed by atoms with Crippen molar-refractivity contribution in [1.82, 2.24) is 10.3 Å². The zero-order valence-corrected chi connectivity index (χ0v) is 22.9. The van der Waals surface area contributed by atoms with Crippen molar-refractivity contribution in [3.05, 3.63) is 97.6 Å². The minimum absolute atomic E-state index is 0.0163. The molecule has 0 radical (unpaired) electrons. The molecule has 1 heterocycles. The number of hydrogen-bond donors (Lipinski definition) is 2. The molecule has 188 valence electrons. The van der Waals surface area contributed by atoms with Crippen molar-refractivity contribution in [3.63, 3.8) is 0 Å². The zero-order valence-electron chi connectivity index (χ0n) is 19.8. The van der Waals surface area contributed by atoms with Gasteiger partial charge in [0.2, 0.25) is 0 Å². The Morgan fingerprint density at radius 2 is 1.97 bits per heavy atom. The minimum atomic E-state index is -0.447. The molecule has 0 fully saturated rings. The number of amides is 1. The first-order valence-corrected chi connectivity index (χ1v) is 12.8. The van der Waals surface area contributed by atoms with E-state index in [9.17, 15) is 10.1 Å². The molecule has 0 aliphatic heterocycles. The van der Waals surface area contributed by atoms with Crippen LogP contribution in [-0.2, 0) is 17.8 Å². The van der Waals surface area contributed by atoms with Crippen molar-refractivity contribution in [2.45, 2.75) is 13.0 Å². The summed E-state index contributed by atoms with van der Waals surface area (Å²) in [6, 6.07) is 18.7. The van der Waals surface area contributed by atoms with E-state index in [1.807, 2.05) is 42.6 Å². The minimum Gasteiger partial charge on any atom is -0.493 e. The lowest BCUT2D eigenvalue weighted by atomic mass is 10.1.